The molecule has 0 spiro atoms. The summed E-state index contributed by atoms with van der Waals surface area (Å²) in [4.78, 5) is 42.0. The summed E-state index contributed by atoms with van der Waals surface area (Å²) < 4.78 is 12.4. The summed E-state index contributed by atoms with van der Waals surface area (Å²) in [6.45, 7) is 6.43. The lowest BCUT2D eigenvalue weighted by Gasteiger charge is -2.27. The molecule has 3 heterocycles. The minimum absolute atomic E-state index is 0.0296. The van der Waals surface area contributed by atoms with Gasteiger partial charge in [-0.25, -0.2) is 0 Å². The van der Waals surface area contributed by atoms with Crippen molar-refractivity contribution in [1.82, 2.24) is 19.7 Å². The van der Waals surface area contributed by atoms with E-state index in [1.165, 1.54) is 0 Å². The van der Waals surface area contributed by atoms with Crippen molar-refractivity contribution in [1.29, 1.82) is 0 Å². The summed E-state index contributed by atoms with van der Waals surface area (Å²) in [5.41, 5.74) is 1.07. The van der Waals surface area contributed by atoms with Gasteiger partial charge in [-0.3, -0.25) is 19.3 Å². The van der Waals surface area contributed by atoms with E-state index < -0.39 is 11.7 Å². The van der Waals surface area contributed by atoms with E-state index in [0.29, 0.717) is 63.6 Å². The summed E-state index contributed by atoms with van der Waals surface area (Å²) in [7, 11) is 0. The van der Waals surface area contributed by atoms with Gasteiger partial charge in [-0.05, 0) is 6.07 Å². The first-order valence-corrected chi connectivity index (χ1v) is 10.7. The molecule has 0 aliphatic carbocycles. The van der Waals surface area contributed by atoms with E-state index in [9.17, 15) is 14.4 Å². The minimum Gasteiger partial charge on any atom is -0.379 e. The number of morpholine rings is 2. The molecule has 4 rings (SSSR count). The molecule has 31 heavy (non-hydrogen) atoms. The van der Waals surface area contributed by atoms with Gasteiger partial charge in [0.05, 0.1) is 32.0 Å². The van der Waals surface area contributed by atoms with Crippen LogP contribution in [-0.2, 0) is 25.6 Å². The maximum Gasteiger partial charge on any atom is 0.292 e. The molecule has 9 heteroatoms. The third-order valence-electron chi connectivity index (χ3n) is 5.73. The van der Waals surface area contributed by atoms with Crippen LogP contribution in [0.1, 0.15) is 10.4 Å². The van der Waals surface area contributed by atoms with Gasteiger partial charge in [-0.2, -0.15) is 0 Å². The van der Waals surface area contributed by atoms with E-state index >= 15 is 0 Å². The highest BCUT2D eigenvalue weighted by atomic mass is 16.5. The molecule has 1 aromatic carbocycles. The van der Waals surface area contributed by atoms with Crippen molar-refractivity contribution in [2.45, 2.75) is 6.54 Å². The fourth-order valence-corrected chi connectivity index (χ4v) is 3.97. The van der Waals surface area contributed by atoms with Crippen molar-refractivity contribution in [3.05, 3.63) is 36.0 Å². The minimum atomic E-state index is -0.629. The Morgan fingerprint density at radius 2 is 1.61 bits per heavy atom. The number of amides is 2. The highest BCUT2D eigenvalue weighted by Crippen LogP contribution is 2.22. The van der Waals surface area contributed by atoms with Crippen molar-refractivity contribution in [2.24, 2.45) is 0 Å². The molecule has 0 bridgehead atoms. The molecular weight excluding hydrogens is 400 g/mol. The lowest BCUT2D eigenvalue weighted by atomic mass is 10.1. The lowest BCUT2D eigenvalue weighted by molar-refractivity contribution is -0.135. The van der Waals surface area contributed by atoms with E-state index in [2.05, 4.69) is 10.2 Å². The van der Waals surface area contributed by atoms with Crippen LogP contribution < -0.4 is 5.32 Å². The van der Waals surface area contributed by atoms with Crippen LogP contribution in [0.4, 0.5) is 0 Å². The van der Waals surface area contributed by atoms with Crippen molar-refractivity contribution in [2.75, 3.05) is 65.7 Å². The molecule has 9 nitrogen and oxygen atoms in total. The van der Waals surface area contributed by atoms with Crippen LogP contribution in [0, 0.1) is 0 Å². The monoisotopic (exact) mass is 428 g/mol. The quantitative estimate of drug-likeness (QED) is 0.498. The lowest BCUT2D eigenvalue weighted by Crippen LogP contribution is -2.42. The van der Waals surface area contributed by atoms with E-state index in [1.807, 2.05) is 18.2 Å². The number of hydrogen-bond acceptors (Lipinski definition) is 6. The van der Waals surface area contributed by atoms with Gasteiger partial charge in [0.25, 0.3) is 11.7 Å². The topological polar surface area (TPSA) is 93.1 Å². The number of fused-ring (bicyclic) bond motifs is 1. The molecule has 0 saturated carbocycles. The van der Waals surface area contributed by atoms with E-state index in [0.717, 1.165) is 18.6 Å². The van der Waals surface area contributed by atoms with Crippen LogP contribution in [0.2, 0.25) is 0 Å². The largest absolute Gasteiger partial charge is 0.379 e. The number of carbonyl (C=O) groups excluding carboxylic acids is 3. The van der Waals surface area contributed by atoms with Gasteiger partial charge in [0.1, 0.15) is 6.54 Å². The zero-order chi connectivity index (χ0) is 21.6. The average molecular weight is 428 g/mol. The number of ether oxygens (including phenoxy) is 2. The Morgan fingerprint density at radius 3 is 2.35 bits per heavy atom. The van der Waals surface area contributed by atoms with Crippen molar-refractivity contribution in [3.63, 3.8) is 0 Å². The number of nitrogens with zero attached hydrogens (tertiary/aromatic N) is 3. The summed E-state index contributed by atoms with van der Waals surface area (Å²) in [6.07, 6.45) is 1.62. The highest BCUT2D eigenvalue weighted by Gasteiger charge is 2.24. The van der Waals surface area contributed by atoms with Gasteiger partial charge in [-0.1, -0.05) is 18.2 Å². The Morgan fingerprint density at radius 1 is 0.935 bits per heavy atom. The van der Waals surface area contributed by atoms with E-state index in [-0.39, 0.29) is 12.5 Å². The predicted molar refractivity (Wildman–Crippen MR) is 114 cm³/mol. The number of aromatic nitrogens is 1. The molecular formula is C22H28N4O5. The smallest absolute Gasteiger partial charge is 0.292 e. The molecule has 2 aliphatic rings. The summed E-state index contributed by atoms with van der Waals surface area (Å²) in [5.74, 6) is -1.25. The number of rotatable bonds is 7. The Balaban J connectivity index is 1.43. The van der Waals surface area contributed by atoms with Gasteiger partial charge in [0.2, 0.25) is 5.91 Å². The first-order chi connectivity index (χ1) is 15.1. The Labute approximate surface area is 180 Å². The maximum absolute atomic E-state index is 12.9. The maximum atomic E-state index is 12.9. The van der Waals surface area contributed by atoms with Gasteiger partial charge >= 0.3 is 0 Å². The molecule has 2 saturated heterocycles. The second kappa shape index (κ2) is 10.0. The number of hydrogen-bond donors (Lipinski definition) is 1. The average Bonchev–Trinajstić information content (AvgIpc) is 3.18. The predicted octanol–water partition coefficient (Wildman–Crippen LogP) is 0.131. The molecule has 2 fully saturated rings. The van der Waals surface area contributed by atoms with Gasteiger partial charge in [0, 0.05) is 56.4 Å². The molecule has 166 valence electrons. The fourth-order valence-electron chi connectivity index (χ4n) is 3.97. The third kappa shape index (κ3) is 5.12. The first-order valence-electron chi connectivity index (χ1n) is 10.7. The standard InChI is InChI=1S/C22H28N4O5/c27-20(25-9-13-31-14-10-25)16-26-15-18(17-3-1-2-4-19(17)26)21(28)22(29)23-5-6-24-7-11-30-12-8-24/h1-4,15H,5-14,16H2,(H,23,29). The second-order valence-corrected chi connectivity index (χ2v) is 7.72. The molecule has 0 radical (unpaired) electrons. The first kappa shape index (κ1) is 21.5. The van der Waals surface area contributed by atoms with Crippen molar-refractivity contribution < 1.29 is 23.9 Å². The zero-order valence-electron chi connectivity index (χ0n) is 17.5. The number of ketones is 1. The number of para-hydroxylation sites is 1. The summed E-state index contributed by atoms with van der Waals surface area (Å²) in [6, 6.07) is 7.34. The van der Waals surface area contributed by atoms with E-state index in [1.54, 1.807) is 21.7 Å². The number of Topliss-reactive ketones (excluding diaryl/α,β-unsaturated/α-hetero) is 1. The van der Waals surface area contributed by atoms with Crippen LogP contribution in [0.15, 0.2) is 30.5 Å². The molecule has 2 aliphatic heterocycles. The Hall–Kier alpha value is -2.75. The molecule has 0 atom stereocenters. The summed E-state index contributed by atoms with van der Waals surface area (Å²) >= 11 is 0. The highest BCUT2D eigenvalue weighted by molar-refractivity contribution is 6.45. The zero-order valence-corrected chi connectivity index (χ0v) is 17.5. The fraction of sp³-hybridized carbons (Fsp3) is 0.500. The summed E-state index contributed by atoms with van der Waals surface area (Å²) in [5, 5.41) is 3.40. The SMILES string of the molecule is O=C(NCCN1CCOCC1)C(=O)c1cn(CC(=O)N2CCOCC2)c2ccccc12. The van der Waals surface area contributed by atoms with Crippen LogP contribution in [0.5, 0.6) is 0 Å². The van der Waals surface area contributed by atoms with Gasteiger partial charge < -0.3 is 24.3 Å². The van der Waals surface area contributed by atoms with Crippen molar-refractivity contribution >= 4 is 28.5 Å². The number of nitrogens with one attached hydrogen (secondary N) is 1. The number of carbonyl (C=O) groups is 3. The van der Waals surface area contributed by atoms with Crippen LogP contribution >= 0.6 is 0 Å². The van der Waals surface area contributed by atoms with Crippen LogP contribution in [0.25, 0.3) is 10.9 Å². The van der Waals surface area contributed by atoms with Crippen LogP contribution in [0.3, 0.4) is 0 Å². The second-order valence-electron chi connectivity index (χ2n) is 7.72. The van der Waals surface area contributed by atoms with Crippen LogP contribution in [-0.4, -0.2) is 97.7 Å². The van der Waals surface area contributed by atoms with Gasteiger partial charge in [0.15, 0.2) is 0 Å². The molecule has 1 N–H and O–H groups in total. The molecule has 1 aromatic heterocycles. The Bertz CT molecular complexity index is 945. The number of benzene rings is 1. The van der Waals surface area contributed by atoms with Gasteiger partial charge in [-0.15, -0.1) is 0 Å². The normalized spacial score (nSPS) is 17.6. The molecule has 2 amide bonds. The molecule has 2 aromatic rings. The molecule has 0 unspecified atom stereocenters. The van der Waals surface area contributed by atoms with E-state index in [4.69, 9.17) is 9.47 Å². The third-order valence-corrected chi connectivity index (χ3v) is 5.73. The Kier molecular flexibility index (Phi) is 6.96. The van der Waals surface area contributed by atoms with Crippen molar-refractivity contribution in [3.8, 4) is 0 Å².